The van der Waals surface area contributed by atoms with Gasteiger partial charge in [0.1, 0.15) is 41.5 Å². The Bertz CT molecular complexity index is 2520. The molecule has 0 aliphatic carbocycles. The Balaban J connectivity index is 1.71. The largest absolute Gasteiger partial charge is 0.862 e. The fraction of sp³-hybridized carbons (Fsp3) is 0.492. The van der Waals surface area contributed by atoms with Gasteiger partial charge in [-0.05, 0) is 86.6 Å². The van der Waals surface area contributed by atoms with Crippen molar-refractivity contribution < 1.29 is 48.1 Å². The lowest BCUT2D eigenvalue weighted by Gasteiger charge is -2.34. The van der Waals surface area contributed by atoms with E-state index < -0.39 is 82.9 Å². The molecule has 4 aromatic carbocycles. The molecule has 4 rings (SSSR count). The van der Waals surface area contributed by atoms with Crippen molar-refractivity contribution in [3.63, 3.8) is 0 Å². The lowest BCUT2D eigenvalue weighted by molar-refractivity contribution is -0.219. The van der Waals surface area contributed by atoms with Crippen molar-refractivity contribution in [3.05, 3.63) is 143 Å². The lowest BCUT2D eigenvalue weighted by atomic mass is 9.77. The summed E-state index contributed by atoms with van der Waals surface area (Å²) in [6.45, 7) is 16.3. The zero-order valence-corrected chi connectivity index (χ0v) is 48.8. The summed E-state index contributed by atoms with van der Waals surface area (Å²) in [4.78, 5) is 103. The van der Waals surface area contributed by atoms with E-state index in [0.717, 1.165) is 11.1 Å². The third-order valence-corrected chi connectivity index (χ3v) is 14.0. The van der Waals surface area contributed by atoms with E-state index in [-0.39, 0.29) is 69.6 Å². The molecule has 0 spiro atoms. The van der Waals surface area contributed by atoms with Crippen LogP contribution in [-0.2, 0) is 55.0 Å². The molecule has 0 radical (unpaired) electrons. The summed E-state index contributed by atoms with van der Waals surface area (Å²) in [5.41, 5.74) is 2.48. The number of hydrogen-bond acceptors (Lipinski definition) is 12. The summed E-state index contributed by atoms with van der Waals surface area (Å²) < 4.78 is 11.1. The van der Waals surface area contributed by atoms with Crippen molar-refractivity contribution in [2.45, 2.75) is 136 Å². The molecular weight excluding hydrogens is 1030 g/mol. The topological polar surface area (TPSA) is 258 Å². The molecule has 0 aliphatic heterocycles. The monoisotopic (exact) mass is 1120 g/mol. The molecule has 1 unspecified atom stereocenters. The van der Waals surface area contributed by atoms with Crippen LogP contribution in [0.3, 0.4) is 0 Å². The molecule has 7 atom stereocenters. The predicted octanol–water partition coefficient (Wildman–Crippen LogP) is 4.98. The van der Waals surface area contributed by atoms with Crippen molar-refractivity contribution in [1.29, 1.82) is 0 Å². The van der Waals surface area contributed by atoms with Crippen LogP contribution < -0.4 is 42.3 Å². The second-order valence-electron chi connectivity index (χ2n) is 21.1. The Morgan fingerprint density at radius 1 is 0.568 bits per heavy atom. The van der Waals surface area contributed by atoms with Crippen molar-refractivity contribution >= 4 is 47.1 Å². The van der Waals surface area contributed by atoms with Gasteiger partial charge in [-0.1, -0.05) is 169 Å². The van der Waals surface area contributed by atoms with E-state index in [1.165, 1.54) is 6.92 Å². The summed E-state index contributed by atoms with van der Waals surface area (Å²) in [6.07, 6.45) is 0.193. The van der Waals surface area contributed by atoms with Crippen LogP contribution in [0.1, 0.15) is 115 Å². The van der Waals surface area contributed by atoms with Gasteiger partial charge in [-0.2, -0.15) is 0 Å². The molecule has 18 heteroatoms. The van der Waals surface area contributed by atoms with E-state index in [1.807, 2.05) is 150 Å². The minimum atomic E-state index is -1.51. The van der Waals surface area contributed by atoms with Crippen LogP contribution in [-0.4, -0.2) is 124 Å². The first-order chi connectivity index (χ1) is 38.8. The molecule has 0 aromatic heterocycles. The zero-order valence-electron chi connectivity index (χ0n) is 48.8. The number of likely N-dealkylation sites (N-methyl/N-ethyl adjacent to an activating group) is 1. The molecule has 7 N–H and O–H groups in total. The number of aryl methyl sites for hydroxylation is 1. The van der Waals surface area contributed by atoms with E-state index in [1.54, 1.807) is 20.8 Å². The number of Topliss-reactive ketones (excluding diaryl/α,β-unsaturated/α-hetero) is 1. The van der Waals surface area contributed by atoms with Crippen molar-refractivity contribution in [3.8, 4) is 0 Å². The van der Waals surface area contributed by atoms with Gasteiger partial charge in [0, 0.05) is 31.8 Å². The number of rotatable bonds is 36. The van der Waals surface area contributed by atoms with Gasteiger partial charge in [-0.15, -0.1) is 0 Å². The molecule has 440 valence electrons. The molecule has 18 nitrogen and oxygen atoms in total. The summed E-state index contributed by atoms with van der Waals surface area (Å²) >= 11 is 0. The normalized spacial score (nSPS) is 14.3. The van der Waals surface area contributed by atoms with Crippen LogP contribution in [0.25, 0.3) is 0 Å². The highest BCUT2D eigenvalue weighted by Gasteiger charge is 2.37. The summed E-state index contributed by atoms with van der Waals surface area (Å²) in [7, 11) is 1.82. The number of amides is 6. The Morgan fingerprint density at radius 2 is 1.06 bits per heavy atom. The Kier molecular flexibility index (Phi) is 28.4. The third-order valence-electron chi connectivity index (χ3n) is 14.0. The predicted molar refractivity (Wildman–Crippen MR) is 313 cm³/mol. The van der Waals surface area contributed by atoms with E-state index >= 15 is 0 Å². The Hall–Kier alpha value is -7.28. The molecule has 6 amide bonds. The number of hydrogen-bond donors (Lipinski definition) is 7. The van der Waals surface area contributed by atoms with Crippen LogP contribution in [0.15, 0.2) is 120 Å². The standard InChI is InChI=1S/C63H88N8O10/c1-10-44(6)56(70-61(78)54(41-47-29-27-43(5)28-30-47)69-59(76)51(11-2)66-57(74)45(7)39-42(3)4)62(79)67-52(60(77)68-53(40-46(8)72)58(75)65-34-36-81-38-37-80-35-33-64-9)31-32-55(73)71-63(48-21-15-12-16-22-48,49-23-17-13-18-24-49)50-25-19-14-20-26-50/h12-30,42,44-45,51-54,56,64H,10-11,31-41H2,1-9H3,(H,65,75)(H,66,74)(H,67,79)(H,68,77)(H,69,76)(H,70,78)(H,71,73)/p-1/t44?,45-,51-,52-,53-,54-,56-/m0/s1. The number of ether oxygens (including phenoxy) is 2. The summed E-state index contributed by atoms with van der Waals surface area (Å²) in [6, 6.07) is 29.1. The maximum absolute atomic E-state index is 14.9. The molecule has 0 bridgehead atoms. The molecule has 0 saturated heterocycles. The van der Waals surface area contributed by atoms with E-state index in [9.17, 15) is 38.7 Å². The highest BCUT2D eigenvalue weighted by Crippen LogP contribution is 2.41. The fourth-order valence-corrected chi connectivity index (χ4v) is 9.29. The minimum Gasteiger partial charge on any atom is -0.862 e. The van der Waals surface area contributed by atoms with Gasteiger partial charge in [-0.3, -0.25) is 38.6 Å². The number of nitrogens with zero attached hydrogens (tertiary/aromatic N) is 1. The summed E-state index contributed by atoms with van der Waals surface area (Å²) in [5.74, 6) is -5.56. The Morgan fingerprint density at radius 3 is 1.57 bits per heavy atom. The maximum Gasteiger partial charge on any atom is 0.243 e. The average Bonchev–Trinajstić information content (AvgIpc) is 3.46. The molecule has 0 fully saturated rings. The SMILES string of the molecule is CCC(C)[C@H](NC(=O)[C@H](Cc1ccc(C)cc1)NC(=O)[C@H](CC)NC(=O)[C@@H](C)CC(C)C)C(=O)N[C@@H](CCC([O-])=NC(c1ccccc1)(c1ccccc1)c1ccccc1)C(=O)N[C@@H](CC(C)=O)C(=O)NCCOCCOCCNC. The highest BCUT2D eigenvalue weighted by atomic mass is 16.5. The number of ketones is 1. The lowest BCUT2D eigenvalue weighted by Crippen LogP contribution is -2.61. The van der Waals surface area contributed by atoms with E-state index in [4.69, 9.17) is 14.5 Å². The van der Waals surface area contributed by atoms with Gasteiger partial charge in [0.2, 0.25) is 35.4 Å². The quantitative estimate of drug-likeness (QED) is 0.0138. The summed E-state index contributed by atoms with van der Waals surface area (Å²) in [5, 5.41) is 34.4. The van der Waals surface area contributed by atoms with Crippen molar-refractivity contribution in [2.24, 2.45) is 22.7 Å². The highest BCUT2D eigenvalue weighted by molar-refractivity contribution is 5.97. The van der Waals surface area contributed by atoms with Gasteiger partial charge < -0.3 is 51.8 Å². The van der Waals surface area contributed by atoms with Gasteiger partial charge in [0.05, 0.1) is 26.4 Å². The smallest absolute Gasteiger partial charge is 0.243 e. The third kappa shape index (κ3) is 21.6. The van der Waals surface area contributed by atoms with Crippen LogP contribution in [0.2, 0.25) is 0 Å². The number of carbonyl (C=O) groups is 7. The molecule has 81 heavy (non-hydrogen) atoms. The first-order valence-corrected chi connectivity index (χ1v) is 28.4. The van der Waals surface area contributed by atoms with E-state index in [0.29, 0.717) is 49.3 Å². The van der Waals surface area contributed by atoms with Gasteiger partial charge >= 0.3 is 0 Å². The molecule has 0 aliphatic rings. The van der Waals surface area contributed by atoms with Crippen LogP contribution in [0.5, 0.6) is 0 Å². The first kappa shape index (κ1) is 66.2. The number of nitrogens with one attached hydrogen (secondary N) is 7. The number of aliphatic imine (C=N–C) groups is 1. The van der Waals surface area contributed by atoms with Crippen LogP contribution in [0, 0.1) is 24.7 Å². The number of carbonyl (C=O) groups excluding carboxylic acids is 7. The Labute approximate surface area is 479 Å². The van der Waals surface area contributed by atoms with E-state index in [2.05, 4.69) is 37.2 Å². The molecular formula is C63H87N8O10-. The van der Waals surface area contributed by atoms with Gasteiger partial charge in [-0.25, -0.2) is 0 Å². The van der Waals surface area contributed by atoms with Crippen LogP contribution in [0.4, 0.5) is 0 Å². The molecule has 0 heterocycles. The fourth-order valence-electron chi connectivity index (χ4n) is 9.29. The second-order valence-corrected chi connectivity index (χ2v) is 21.1. The second kappa shape index (κ2) is 34.8. The zero-order chi connectivity index (χ0) is 59.3. The first-order valence-electron chi connectivity index (χ1n) is 28.4. The molecule has 0 saturated carbocycles. The van der Waals surface area contributed by atoms with Crippen molar-refractivity contribution in [1.82, 2.24) is 37.2 Å². The average molecular weight is 1120 g/mol. The number of benzene rings is 4. The van der Waals surface area contributed by atoms with Gasteiger partial charge in [0.25, 0.3) is 0 Å². The maximum atomic E-state index is 14.9. The minimum absolute atomic E-state index is 0.0328. The molecule has 4 aromatic rings. The van der Waals surface area contributed by atoms with Crippen LogP contribution >= 0.6 is 0 Å². The van der Waals surface area contributed by atoms with Crippen molar-refractivity contribution in [2.75, 3.05) is 46.6 Å². The van der Waals surface area contributed by atoms with Gasteiger partial charge in [0.15, 0.2) is 0 Å².